The molecule has 5 nitrogen and oxygen atoms in total. The van der Waals surface area contributed by atoms with Crippen molar-refractivity contribution in [2.24, 2.45) is 0 Å². The van der Waals surface area contributed by atoms with Gasteiger partial charge in [-0.25, -0.2) is 4.79 Å². The van der Waals surface area contributed by atoms with Crippen LogP contribution in [0.3, 0.4) is 0 Å². The van der Waals surface area contributed by atoms with Gasteiger partial charge in [0.1, 0.15) is 0 Å². The third-order valence-electron chi connectivity index (χ3n) is 4.25. The molecule has 128 valence electrons. The Hall–Kier alpha value is -1.92. The third-order valence-corrected chi connectivity index (χ3v) is 5.11. The van der Waals surface area contributed by atoms with Gasteiger partial charge < -0.3 is 10.2 Å². The molecule has 0 radical (unpaired) electrons. The Morgan fingerprint density at radius 2 is 2.17 bits per heavy atom. The van der Waals surface area contributed by atoms with Gasteiger partial charge in [-0.05, 0) is 35.9 Å². The van der Waals surface area contributed by atoms with Gasteiger partial charge in [-0.2, -0.15) is 0 Å². The average Bonchev–Trinajstić information content (AvgIpc) is 3.00. The molecule has 1 aliphatic heterocycles. The fraction of sp³-hybridized carbons (Fsp3) is 0.444. The first kappa shape index (κ1) is 16.9. The van der Waals surface area contributed by atoms with E-state index in [0.29, 0.717) is 6.54 Å². The lowest BCUT2D eigenvalue weighted by atomic mass is 10.2. The summed E-state index contributed by atoms with van der Waals surface area (Å²) in [5.41, 5.74) is 1.15. The summed E-state index contributed by atoms with van der Waals surface area (Å²) in [6.07, 6.45) is 5.46. The second-order valence-electron chi connectivity index (χ2n) is 6.04. The summed E-state index contributed by atoms with van der Waals surface area (Å²) in [4.78, 5) is 22.2. The highest BCUT2D eigenvalue weighted by molar-refractivity contribution is 7.09. The Morgan fingerprint density at radius 3 is 2.96 bits per heavy atom. The van der Waals surface area contributed by atoms with Gasteiger partial charge in [-0.1, -0.05) is 12.1 Å². The first-order valence-corrected chi connectivity index (χ1v) is 9.35. The molecule has 0 atom stereocenters. The van der Waals surface area contributed by atoms with Gasteiger partial charge in [0.05, 0.1) is 0 Å². The van der Waals surface area contributed by atoms with Crippen molar-refractivity contribution in [3.8, 4) is 0 Å². The largest absolute Gasteiger partial charge is 0.338 e. The molecule has 0 spiro atoms. The summed E-state index contributed by atoms with van der Waals surface area (Å²) >= 11 is 1.80. The normalized spacial score (nSPS) is 15.9. The maximum absolute atomic E-state index is 12.3. The van der Waals surface area contributed by atoms with Crippen molar-refractivity contribution in [1.29, 1.82) is 0 Å². The van der Waals surface area contributed by atoms with Gasteiger partial charge in [0.2, 0.25) is 0 Å². The maximum Gasteiger partial charge on any atom is 0.317 e. The second-order valence-corrected chi connectivity index (χ2v) is 7.07. The Morgan fingerprint density at radius 1 is 1.21 bits per heavy atom. The molecular weight excluding hydrogens is 320 g/mol. The minimum atomic E-state index is 0.0527. The van der Waals surface area contributed by atoms with Gasteiger partial charge in [0.25, 0.3) is 0 Å². The van der Waals surface area contributed by atoms with E-state index in [1.54, 1.807) is 17.5 Å². The maximum atomic E-state index is 12.3. The van der Waals surface area contributed by atoms with Crippen molar-refractivity contribution in [3.05, 3.63) is 52.5 Å². The van der Waals surface area contributed by atoms with Crippen LogP contribution in [0, 0.1) is 0 Å². The molecule has 1 saturated heterocycles. The van der Waals surface area contributed by atoms with E-state index in [1.807, 2.05) is 23.2 Å². The van der Waals surface area contributed by atoms with Crippen molar-refractivity contribution in [2.75, 3.05) is 32.7 Å². The Balaban J connectivity index is 1.41. The predicted molar refractivity (Wildman–Crippen MR) is 97.1 cm³/mol. The van der Waals surface area contributed by atoms with Crippen LogP contribution >= 0.6 is 11.3 Å². The molecule has 24 heavy (non-hydrogen) atoms. The molecule has 0 unspecified atom stereocenters. The molecule has 3 rings (SSSR count). The Kier molecular flexibility index (Phi) is 6.20. The summed E-state index contributed by atoms with van der Waals surface area (Å²) in [6.45, 7) is 5.27. The predicted octanol–water partition coefficient (Wildman–Crippen LogP) is 2.60. The zero-order valence-electron chi connectivity index (χ0n) is 13.9. The fourth-order valence-electron chi connectivity index (χ4n) is 2.93. The summed E-state index contributed by atoms with van der Waals surface area (Å²) < 4.78 is 0. The lowest BCUT2D eigenvalue weighted by Gasteiger charge is -2.22. The molecule has 1 N–H and O–H groups in total. The second kappa shape index (κ2) is 8.80. The van der Waals surface area contributed by atoms with Crippen molar-refractivity contribution >= 4 is 17.4 Å². The van der Waals surface area contributed by atoms with Crippen LogP contribution in [-0.4, -0.2) is 53.5 Å². The SMILES string of the molecule is O=C(NCCc1cccnc1)N1CCCN(Cc2cccs2)CC1. The third kappa shape index (κ3) is 5.04. The zero-order valence-corrected chi connectivity index (χ0v) is 14.7. The fourth-order valence-corrected chi connectivity index (χ4v) is 3.67. The van der Waals surface area contributed by atoms with Crippen molar-refractivity contribution < 1.29 is 4.79 Å². The summed E-state index contributed by atoms with van der Waals surface area (Å²) in [5, 5.41) is 5.15. The molecule has 0 aromatic carbocycles. The summed E-state index contributed by atoms with van der Waals surface area (Å²) in [5.74, 6) is 0. The van der Waals surface area contributed by atoms with E-state index < -0.39 is 0 Å². The number of carbonyl (C=O) groups excluding carboxylic acids is 1. The van der Waals surface area contributed by atoms with E-state index >= 15 is 0 Å². The number of thiophene rings is 1. The molecule has 2 aromatic heterocycles. The lowest BCUT2D eigenvalue weighted by molar-refractivity contribution is 0.198. The summed E-state index contributed by atoms with van der Waals surface area (Å²) in [6, 6.07) is 8.29. The van der Waals surface area contributed by atoms with E-state index in [1.165, 1.54) is 4.88 Å². The monoisotopic (exact) mass is 344 g/mol. The molecule has 1 aliphatic rings. The number of pyridine rings is 1. The Bertz CT molecular complexity index is 617. The quantitative estimate of drug-likeness (QED) is 0.907. The highest BCUT2D eigenvalue weighted by Crippen LogP contribution is 2.13. The Labute approximate surface area is 147 Å². The van der Waals surface area contributed by atoms with E-state index in [9.17, 15) is 4.79 Å². The molecule has 0 bridgehead atoms. The van der Waals surface area contributed by atoms with Gasteiger partial charge in [0, 0.05) is 56.5 Å². The van der Waals surface area contributed by atoms with Crippen molar-refractivity contribution in [3.63, 3.8) is 0 Å². The molecule has 0 saturated carbocycles. The van der Waals surface area contributed by atoms with E-state index in [2.05, 4.69) is 32.7 Å². The number of rotatable bonds is 5. The smallest absolute Gasteiger partial charge is 0.317 e. The van der Waals surface area contributed by atoms with Crippen LogP contribution in [0.1, 0.15) is 16.9 Å². The van der Waals surface area contributed by atoms with Gasteiger partial charge in [0.15, 0.2) is 0 Å². The van der Waals surface area contributed by atoms with E-state index in [4.69, 9.17) is 0 Å². The van der Waals surface area contributed by atoms with Crippen LogP contribution in [0.4, 0.5) is 4.79 Å². The highest BCUT2D eigenvalue weighted by atomic mass is 32.1. The zero-order chi connectivity index (χ0) is 16.6. The van der Waals surface area contributed by atoms with Crippen LogP contribution in [0.5, 0.6) is 0 Å². The van der Waals surface area contributed by atoms with Crippen LogP contribution in [0.2, 0.25) is 0 Å². The topological polar surface area (TPSA) is 48.5 Å². The molecule has 2 aromatic rings. The molecular formula is C18H24N4OS. The minimum absolute atomic E-state index is 0.0527. The first-order chi connectivity index (χ1) is 11.8. The minimum Gasteiger partial charge on any atom is -0.338 e. The van der Waals surface area contributed by atoms with Crippen LogP contribution in [0.25, 0.3) is 0 Å². The lowest BCUT2D eigenvalue weighted by Crippen LogP contribution is -2.42. The number of nitrogens with one attached hydrogen (secondary N) is 1. The van der Waals surface area contributed by atoms with Crippen LogP contribution in [-0.2, 0) is 13.0 Å². The van der Waals surface area contributed by atoms with E-state index in [-0.39, 0.29) is 6.03 Å². The van der Waals surface area contributed by atoms with Crippen LogP contribution in [0.15, 0.2) is 42.0 Å². The van der Waals surface area contributed by atoms with Gasteiger partial charge in [-0.3, -0.25) is 9.88 Å². The van der Waals surface area contributed by atoms with Gasteiger partial charge in [-0.15, -0.1) is 11.3 Å². The number of amides is 2. The number of hydrogen-bond donors (Lipinski definition) is 1. The standard InChI is InChI=1S/C18H24N4OS/c23-18(20-8-6-16-4-1-7-19-14-16)22-10-3-9-21(11-12-22)15-17-5-2-13-24-17/h1-2,4-5,7,13-14H,3,6,8-12,15H2,(H,20,23). The molecule has 3 heterocycles. The number of nitrogens with zero attached hydrogens (tertiary/aromatic N) is 3. The molecule has 2 amide bonds. The van der Waals surface area contributed by atoms with E-state index in [0.717, 1.165) is 51.1 Å². The van der Waals surface area contributed by atoms with Crippen molar-refractivity contribution in [2.45, 2.75) is 19.4 Å². The van der Waals surface area contributed by atoms with Gasteiger partial charge >= 0.3 is 6.03 Å². The molecule has 1 fully saturated rings. The first-order valence-electron chi connectivity index (χ1n) is 8.48. The van der Waals surface area contributed by atoms with Crippen molar-refractivity contribution in [1.82, 2.24) is 20.1 Å². The molecule has 6 heteroatoms. The summed E-state index contributed by atoms with van der Waals surface area (Å²) in [7, 11) is 0. The number of hydrogen-bond acceptors (Lipinski definition) is 4. The average molecular weight is 344 g/mol. The number of aromatic nitrogens is 1. The highest BCUT2D eigenvalue weighted by Gasteiger charge is 2.19. The van der Waals surface area contributed by atoms with Crippen LogP contribution < -0.4 is 5.32 Å². The number of urea groups is 1. The number of carbonyl (C=O) groups is 1. The molecule has 0 aliphatic carbocycles.